The second-order valence-electron chi connectivity index (χ2n) is 4.47. The molecule has 0 bridgehead atoms. The predicted molar refractivity (Wildman–Crippen MR) is 66.7 cm³/mol. The van der Waals surface area contributed by atoms with Crippen molar-refractivity contribution < 1.29 is 4.74 Å². The first-order valence-corrected chi connectivity index (χ1v) is 5.42. The maximum atomic E-state index is 5.41. The van der Waals surface area contributed by atoms with E-state index < -0.39 is 0 Å². The fourth-order valence-electron chi connectivity index (χ4n) is 1.45. The van der Waals surface area contributed by atoms with Gasteiger partial charge in [0.05, 0.1) is 17.8 Å². The molecule has 0 aliphatic rings. The lowest BCUT2D eigenvalue weighted by molar-refractivity contribution is 0.00857. The van der Waals surface area contributed by atoms with E-state index in [-0.39, 0.29) is 5.60 Å². The fraction of sp³-hybridized carbons (Fsp3) is 0.583. The van der Waals surface area contributed by atoms with Crippen molar-refractivity contribution in [2.24, 2.45) is 0 Å². The quantitative estimate of drug-likeness (QED) is 0.752. The number of nitrogens with one attached hydrogen (secondary N) is 1. The number of hydrogen-bond donors (Lipinski definition) is 1. The van der Waals surface area contributed by atoms with Gasteiger partial charge in [-0.25, -0.2) is 4.98 Å². The minimum absolute atomic E-state index is 0.197. The van der Waals surface area contributed by atoms with Gasteiger partial charge >= 0.3 is 0 Å². The zero-order chi connectivity index (χ0) is 12.2. The molecule has 0 amide bonds. The zero-order valence-electron chi connectivity index (χ0n) is 10.6. The lowest BCUT2D eigenvalue weighted by atomic mass is 10.1. The van der Waals surface area contributed by atoms with Gasteiger partial charge in [0.25, 0.3) is 0 Å². The summed E-state index contributed by atoms with van der Waals surface area (Å²) in [5.41, 5.74) is 0.802. The van der Waals surface area contributed by atoms with Gasteiger partial charge < -0.3 is 14.6 Å². The number of nitrogens with zero attached hydrogens (tertiary/aromatic N) is 2. The highest BCUT2D eigenvalue weighted by Gasteiger charge is 2.19. The van der Waals surface area contributed by atoms with Gasteiger partial charge in [0.2, 0.25) is 5.95 Å². The molecule has 1 rings (SSSR count). The Morgan fingerprint density at radius 1 is 1.62 bits per heavy atom. The molecule has 0 spiro atoms. The first-order chi connectivity index (χ1) is 7.48. The Morgan fingerprint density at radius 2 is 2.31 bits per heavy atom. The van der Waals surface area contributed by atoms with Crippen molar-refractivity contribution in [2.75, 3.05) is 19.0 Å². The average molecular weight is 223 g/mol. The standard InChI is InChI=1S/C12H21N3O/c1-6-7-13-11-14-10(2)8-15(11)9-12(3,4)16-5/h6,8H,1,7,9H2,2-5H3,(H,13,14). The van der Waals surface area contributed by atoms with Gasteiger partial charge in [0.15, 0.2) is 0 Å². The molecule has 0 atom stereocenters. The molecule has 0 aromatic carbocycles. The highest BCUT2D eigenvalue weighted by Crippen LogP contribution is 2.16. The van der Waals surface area contributed by atoms with Crippen LogP contribution in [0.3, 0.4) is 0 Å². The molecule has 0 radical (unpaired) electrons. The van der Waals surface area contributed by atoms with E-state index in [4.69, 9.17) is 4.74 Å². The highest BCUT2D eigenvalue weighted by atomic mass is 16.5. The number of ether oxygens (including phenoxy) is 1. The summed E-state index contributed by atoms with van der Waals surface area (Å²) in [5, 5.41) is 3.21. The molecule has 0 saturated heterocycles. The van der Waals surface area contributed by atoms with Crippen LogP contribution in [0, 0.1) is 6.92 Å². The van der Waals surface area contributed by atoms with Crippen LogP contribution in [0.4, 0.5) is 5.95 Å². The molecule has 1 aromatic rings. The van der Waals surface area contributed by atoms with Crippen molar-refractivity contribution in [1.82, 2.24) is 9.55 Å². The fourth-order valence-corrected chi connectivity index (χ4v) is 1.45. The lowest BCUT2D eigenvalue weighted by Crippen LogP contribution is -2.29. The molecular formula is C12H21N3O. The Morgan fingerprint density at radius 3 is 2.88 bits per heavy atom. The van der Waals surface area contributed by atoms with Crippen molar-refractivity contribution in [1.29, 1.82) is 0 Å². The number of hydrogen-bond acceptors (Lipinski definition) is 3. The molecule has 0 aliphatic carbocycles. The van der Waals surface area contributed by atoms with Crippen molar-refractivity contribution in [3.8, 4) is 0 Å². The SMILES string of the molecule is C=CCNc1nc(C)cn1CC(C)(C)OC. The Balaban J connectivity index is 2.81. The normalized spacial score (nSPS) is 11.5. The van der Waals surface area contributed by atoms with Crippen LogP contribution < -0.4 is 5.32 Å². The zero-order valence-corrected chi connectivity index (χ0v) is 10.6. The number of aromatic nitrogens is 2. The molecule has 0 unspecified atom stereocenters. The monoisotopic (exact) mass is 223 g/mol. The Kier molecular flexibility index (Phi) is 4.12. The first kappa shape index (κ1) is 12.8. The van der Waals surface area contributed by atoms with Crippen LogP contribution in [-0.4, -0.2) is 28.8 Å². The topological polar surface area (TPSA) is 39.1 Å². The van der Waals surface area contributed by atoms with Gasteiger partial charge in [-0.1, -0.05) is 6.08 Å². The Bertz CT molecular complexity index is 355. The molecule has 0 saturated carbocycles. The van der Waals surface area contributed by atoms with Crippen LogP contribution in [0.15, 0.2) is 18.9 Å². The highest BCUT2D eigenvalue weighted by molar-refractivity contribution is 5.29. The van der Waals surface area contributed by atoms with E-state index in [1.807, 2.05) is 19.2 Å². The maximum Gasteiger partial charge on any atom is 0.203 e. The smallest absolute Gasteiger partial charge is 0.203 e. The molecule has 1 aromatic heterocycles. The van der Waals surface area contributed by atoms with E-state index in [9.17, 15) is 0 Å². The van der Waals surface area contributed by atoms with E-state index >= 15 is 0 Å². The summed E-state index contributed by atoms with van der Waals surface area (Å²) in [4.78, 5) is 4.42. The second kappa shape index (κ2) is 5.16. The summed E-state index contributed by atoms with van der Waals surface area (Å²) in [6.07, 6.45) is 3.84. The van der Waals surface area contributed by atoms with E-state index in [0.29, 0.717) is 6.54 Å². The van der Waals surface area contributed by atoms with E-state index in [1.165, 1.54) is 0 Å². The summed E-state index contributed by atoms with van der Waals surface area (Å²) in [7, 11) is 1.72. The van der Waals surface area contributed by atoms with Crippen molar-refractivity contribution >= 4 is 5.95 Å². The van der Waals surface area contributed by atoms with Crippen LogP contribution in [0.1, 0.15) is 19.5 Å². The minimum Gasteiger partial charge on any atom is -0.377 e. The van der Waals surface area contributed by atoms with E-state index in [2.05, 4.69) is 35.3 Å². The molecule has 1 heterocycles. The van der Waals surface area contributed by atoms with Crippen molar-refractivity contribution in [2.45, 2.75) is 32.9 Å². The molecule has 0 aliphatic heterocycles. The summed E-state index contributed by atoms with van der Waals surface area (Å²) in [5.74, 6) is 0.863. The average Bonchev–Trinajstić information content (AvgIpc) is 2.55. The first-order valence-electron chi connectivity index (χ1n) is 5.42. The van der Waals surface area contributed by atoms with Gasteiger partial charge in [-0.15, -0.1) is 6.58 Å². The number of anilines is 1. The second-order valence-corrected chi connectivity index (χ2v) is 4.47. The molecule has 1 N–H and O–H groups in total. The minimum atomic E-state index is -0.197. The number of aryl methyl sites for hydroxylation is 1. The third-order valence-corrected chi connectivity index (χ3v) is 2.41. The lowest BCUT2D eigenvalue weighted by Gasteiger charge is -2.24. The van der Waals surface area contributed by atoms with Crippen LogP contribution in [-0.2, 0) is 11.3 Å². The van der Waals surface area contributed by atoms with Crippen molar-refractivity contribution in [3.05, 3.63) is 24.5 Å². The number of rotatable bonds is 6. The van der Waals surface area contributed by atoms with Crippen LogP contribution in [0.2, 0.25) is 0 Å². The van der Waals surface area contributed by atoms with Gasteiger partial charge in [0.1, 0.15) is 0 Å². The number of methoxy groups -OCH3 is 1. The van der Waals surface area contributed by atoms with Gasteiger partial charge in [-0.2, -0.15) is 0 Å². The molecule has 0 fully saturated rings. The van der Waals surface area contributed by atoms with Gasteiger partial charge in [-0.3, -0.25) is 0 Å². The summed E-state index contributed by atoms with van der Waals surface area (Å²) >= 11 is 0. The number of imidazole rings is 1. The predicted octanol–water partition coefficient (Wildman–Crippen LogP) is 2.21. The van der Waals surface area contributed by atoms with Crippen LogP contribution in [0.25, 0.3) is 0 Å². The van der Waals surface area contributed by atoms with Crippen LogP contribution >= 0.6 is 0 Å². The third-order valence-electron chi connectivity index (χ3n) is 2.41. The Hall–Kier alpha value is -1.29. The van der Waals surface area contributed by atoms with Crippen molar-refractivity contribution in [3.63, 3.8) is 0 Å². The summed E-state index contributed by atoms with van der Waals surface area (Å²) in [6.45, 7) is 11.3. The molecular weight excluding hydrogens is 202 g/mol. The van der Waals surface area contributed by atoms with E-state index in [0.717, 1.165) is 18.2 Å². The van der Waals surface area contributed by atoms with Gasteiger partial charge in [0, 0.05) is 19.9 Å². The van der Waals surface area contributed by atoms with Gasteiger partial charge in [-0.05, 0) is 20.8 Å². The van der Waals surface area contributed by atoms with E-state index in [1.54, 1.807) is 7.11 Å². The molecule has 16 heavy (non-hydrogen) atoms. The largest absolute Gasteiger partial charge is 0.377 e. The van der Waals surface area contributed by atoms with Crippen LogP contribution in [0.5, 0.6) is 0 Å². The summed E-state index contributed by atoms with van der Waals surface area (Å²) < 4.78 is 7.49. The third kappa shape index (κ3) is 3.38. The molecule has 90 valence electrons. The Labute approximate surface area is 97.3 Å². The maximum absolute atomic E-state index is 5.41. The molecule has 4 nitrogen and oxygen atoms in total. The molecule has 4 heteroatoms. The summed E-state index contributed by atoms with van der Waals surface area (Å²) in [6, 6.07) is 0.